The van der Waals surface area contributed by atoms with E-state index in [1.807, 2.05) is 18.2 Å². The summed E-state index contributed by atoms with van der Waals surface area (Å²) < 4.78 is 69.3. The number of ether oxygens (including phenoxy) is 1. The Kier molecular flexibility index (Phi) is 10.9. The number of hydrogen-bond acceptors (Lipinski definition) is 6. The van der Waals surface area contributed by atoms with E-state index in [1.54, 1.807) is 0 Å². The molecule has 14 heteroatoms. The first-order valence-electron chi connectivity index (χ1n) is 10.1. The minimum atomic E-state index is -5.08. The van der Waals surface area contributed by atoms with Gasteiger partial charge in [-0.25, -0.2) is 9.59 Å². The molecule has 3 rings (SSSR count). The Labute approximate surface area is 197 Å². The number of carboxylic acids is 2. The minimum absolute atomic E-state index is 0.527. The molecular weight excluding hydrogens is 488 g/mol. The minimum Gasteiger partial charge on any atom is -0.475 e. The molecule has 0 bridgehead atoms. The van der Waals surface area contributed by atoms with Gasteiger partial charge in [0, 0.05) is 31.6 Å². The summed E-state index contributed by atoms with van der Waals surface area (Å²) in [4.78, 5) is 22.6. The van der Waals surface area contributed by atoms with E-state index in [2.05, 4.69) is 36.0 Å². The van der Waals surface area contributed by atoms with Crippen LogP contribution in [0.2, 0.25) is 0 Å². The molecule has 2 N–H and O–H groups in total. The Balaban J connectivity index is 0.000000362. The molecule has 0 aliphatic carbocycles. The van der Waals surface area contributed by atoms with Crippen LogP contribution in [0.3, 0.4) is 0 Å². The molecule has 2 heterocycles. The van der Waals surface area contributed by atoms with E-state index >= 15 is 0 Å². The summed E-state index contributed by atoms with van der Waals surface area (Å²) in [5.41, 5.74) is 1.98. The average molecular weight is 513 g/mol. The lowest BCUT2D eigenvalue weighted by Crippen LogP contribution is -2.47. The van der Waals surface area contributed by atoms with E-state index in [4.69, 9.17) is 29.8 Å². The van der Waals surface area contributed by atoms with Gasteiger partial charge in [0.25, 0.3) is 0 Å². The van der Waals surface area contributed by atoms with E-state index in [0.717, 1.165) is 38.4 Å². The number of likely N-dealkylation sites (tertiary alicyclic amines) is 1. The SMILES string of the molecule is CN(C)[C@H]1COC[C@@H]2CN(Cc3cccc(C#N)c3)C[C@@H]21.O=C(O)C(F)(F)F.O=C(O)C(F)(F)F. The fourth-order valence-corrected chi connectivity index (χ4v) is 3.72. The third kappa shape index (κ3) is 10.1. The van der Waals surface area contributed by atoms with E-state index in [1.165, 1.54) is 5.56 Å². The van der Waals surface area contributed by atoms with Crippen LogP contribution in [0.5, 0.6) is 0 Å². The Morgan fingerprint density at radius 2 is 1.63 bits per heavy atom. The number of benzene rings is 1. The monoisotopic (exact) mass is 513 g/mol. The molecule has 0 saturated carbocycles. The molecule has 196 valence electrons. The number of rotatable bonds is 3. The predicted molar refractivity (Wildman–Crippen MR) is 109 cm³/mol. The van der Waals surface area contributed by atoms with Crippen LogP contribution in [0, 0.1) is 23.2 Å². The normalized spacial score (nSPS) is 22.1. The molecule has 2 aliphatic heterocycles. The highest BCUT2D eigenvalue weighted by molar-refractivity contribution is 5.73. The lowest BCUT2D eigenvalue weighted by molar-refractivity contribution is -0.193. The summed E-state index contributed by atoms with van der Waals surface area (Å²) in [5.74, 6) is -4.17. The number of hydrogen-bond donors (Lipinski definition) is 2. The highest BCUT2D eigenvalue weighted by Crippen LogP contribution is 2.33. The second kappa shape index (κ2) is 12.7. The van der Waals surface area contributed by atoms with E-state index < -0.39 is 24.3 Å². The van der Waals surface area contributed by atoms with Gasteiger partial charge in [0.15, 0.2) is 0 Å². The molecule has 0 radical (unpaired) electrons. The molecule has 0 amide bonds. The van der Waals surface area contributed by atoms with Crippen molar-refractivity contribution in [2.45, 2.75) is 24.9 Å². The number of carbonyl (C=O) groups is 2. The summed E-state index contributed by atoms with van der Waals surface area (Å²) >= 11 is 0. The molecule has 2 saturated heterocycles. The van der Waals surface area contributed by atoms with Crippen molar-refractivity contribution in [3.63, 3.8) is 0 Å². The lowest BCUT2D eigenvalue weighted by Gasteiger charge is -2.37. The van der Waals surface area contributed by atoms with Gasteiger partial charge in [-0.1, -0.05) is 12.1 Å². The fourth-order valence-electron chi connectivity index (χ4n) is 3.72. The van der Waals surface area contributed by atoms with Crippen LogP contribution >= 0.6 is 0 Å². The van der Waals surface area contributed by atoms with Gasteiger partial charge in [-0.3, -0.25) is 4.90 Å². The highest BCUT2D eigenvalue weighted by Gasteiger charge is 2.41. The van der Waals surface area contributed by atoms with Gasteiger partial charge in [-0.05, 0) is 37.7 Å². The molecule has 1 aromatic rings. The van der Waals surface area contributed by atoms with Crippen molar-refractivity contribution in [2.24, 2.45) is 11.8 Å². The molecule has 0 unspecified atom stereocenters. The van der Waals surface area contributed by atoms with Crippen molar-refractivity contribution >= 4 is 11.9 Å². The predicted octanol–water partition coefficient (Wildman–Crippen LogP) is 2.83. The van der Waals surface area contributed by atoms with Crippen LogP contribution in [-0.2, 0) is 20.9 Å². The Morgan fingerprint density at radius 1 is 1.09 bits per heavy atom. The van der Waals surface area contributed by atoms with Crippen molar-refractivity contribution in [3.8, 4) is 6.07 Å². The molecule has 2 aliphatic rings. The maximum absolute atomic E-state index is 10.6. The first-order chi connectivity index (χ1) is 16.1. The molecule has 1 aromatic carbocycles. The lowest BCUT2D eigenvalue weighted by atomic mass is 9.87. The zero-order valence-corrected chi connectivity index (χ0v) is 18.8. The maximum Gasteiger partial charge on any atom is 0.490 e. The average Bonchev–Trinajstić information content (AvgIpc) is 3.15. The van der Waals surface area contributed by atoms with Crippen molar-refractivity contribution in [1.29, 1.82) is 5.26 Å². The standard InChI is InChI=1S/C17H23N3O.2C2HF3O2/c1-19(2)17-12-21-11-15-9-20(10-16(15)17)8-14-5-3-4-13(6-14)7-18;2*3-2(4,5)1(6)7/h3-6,15-17H,8-12H2,1-2H3;2*(H,6,7)/t15-,16-,17-;;/m0../s1. The zero-order valence-electron chi connectivity index (χ0n) is 18.8. The van der Waals surface area contributed by atoms with Crippen LogP contribution in [0.1, 0.15) is 11.1 Å². The molecule has 0 spiro atoms. The third-order valence-electron chi connectivity index (χ3n) is 5.29. The Bertz CT molecular complexity index is 877. The first kappa shape index (κ1) is 30.1. The quantitative estimate of drug-likeness (QED) is 0.594. The van der Waals surface area contributed by atoms with Crippen LogP contribution in [0.4, 0.5) is 26.3 Å². The van der Waals surface area contributed by atoms with Crippen LogP contribution in [-0.4, -0.2) is 90.7 Å². The fraction of sp³-hybridized carbons (Fsp3) is 0.571. The third-order valence-corrected chi connectivity index (χ3v) is 5.29. The number of carboxylic acid groups (broad SMARTS) is 2. The number of fused-ring (bicyclic) bond motifs is 1. The van der Waals surface area contributed by atoms with Crippen LogP contribution in [0.25, 0.3) is 0 Å². The maximum atomic E-state index is 10.6. The summed E-state index contributed by atoms with van der Waals surface area (Å²) in [6.45, 7) is 4.91. The topological polar surface area (TPSA) is 114 Å². The largest absolute Gasteiger partial charge is 0.490 e. The van der Waals surface area contributed by atoms with Gasteiger partial charge in [0.1, 0.15) is 0 Å². The molecule has 3 atom stereocenters. The van der Waals surface area contributed by atoms with Gasteiger partial charge in [0.2, 0.25) is 0 Å². The smallest absolute Gasteiger partial charge is 0.475 e. The number of aliphatic carboxylic acids is 2. The second-order valence-electron chi connectivity index (χ2n) is 8.10. The summed E-state index contributed by atoms with van der Waals surface area (Å²) in [6.07, 6.45) is -10.2. The second-order valence-corrected chi connectivity index (χ2v) is 8.10. The van der Waals surface area contributed by atoms with E-state index in [-0.39, 0.29) is 0 Å². The Morgan fingerprint density at radius 3 is 2.09 bits per heavy atom. The Hall–Kier alpha value is -2.89. The molecule has 8 nitrogen and oxygen atoms in total. The van der Waals surface area contributed by atoms with Gasteiger partial charge in [-0.2, -0.15) is 31.6 Å². The van der Waals surface area contributed by atoms with Gasteiger partial charge in [0.05, 0.1) is 24.8 Å². The summed E-state index contributed by atoms with van der Waals surface area (Å²) in [5, 5.41) is 23.3. The number of nitriles is 1. The van der Waals surface area contributed by atoms with Crippen molar-refractivity contribution in [3.05, 3.63) is 35.4 Å². The van der Waals surface area contributed by atoms with Crippen LogP contribution in [0.15, 0.2) is 24.3 Å². The van der Waals surface area contributed by atoms with Crippen molar-refractivity contribution in [1.82, 2.24) is 9.80 Å². The summed E-state index contributed by atoms with van der Waals surface area (Å²) in [6, 6.07) is 10.7. The summed E-state index contributed by atoms with van der Waals surface area (Å²) in [7, 11) is 4.30. The number of alkyl halides is 6. The van der Waals surface area contributed by atoms with Gasteiger partial charge >= 0.3 is 24.3 Å². The molecule has 0 aromatic heterocycles. The van der Waals surface area contributed by atoms with Crippen molar-refractivity contribution in [2.75, 3.05) is 40.4 Å². The molecule has 2 fully saturated rings. The number of nitrogens with zero attached hydrogens (tertiary/aromatic N) is 3. The van der Waals surface area contributed by atoms with Gasteiger partial charge in [-0.15, -0.1) is 0 Å². The van der Waals surface area contributed by atoms with Crippen molar-refractivity contribution < 1.29 is 50.9 Å². The molecule has 35 heavy (non-hydrogen) atoms. The zero-order chi connectivity index (χ0) is 27.0. The number of likely N-dealkylation sites (N-methyl/N-ethyl adjacent to an activating group) is 1. The highest BCUT2D eigenvalue weighted by atomic mass is 19.4. The first-order valence-corrected chi connectivity index (χ1v) is 10.1. The van der Waals surface area contributed by atoms with Gasteiger partial charge < -0.3 is 19.8 Å². The van der Waals surface area contributed by atoms with E-state index in [9.17, 15) is 26.3 Å². The number of halogens is 6. The van der Waals surface area contributed by atoms with E-state index in [0.29, 0.717) is 17.9 Å². The van der Waals surface area contributed by atoms with Crippen LogP contribution < -0.4 is 0 Å². The molecular formula is C21H25F6N3O5.